The highest BCUT2D eigenvalue weighted by Gasteiger charge is 2.25. The van der Waals surface area contributed by atoms with Crippen molar-refractivity contribution in [3.05, 3.63) is 130 Å². The smallest absolute Gasteiger partial charge is 0.137 e. The first-order valence-electron chi connectivity index (χ1n) is 19.4. The third-order valence-corrected chi connectivity index (χ3v) is 10.8. The summed E-state index contributed by atoms with van der Waals surface area (Å²) >= 11 is 0. The van der Waals surface area contributed by atoms with Crippen molar-refractivity contribution in [3.8, 4) is 34.1 Å². The van der Waals surface area contributed by atoms with Crippen molar-refractivity contribution < 1.29 is 4.74 Å². The highest BCUT2D eigenvalue weighted by Crippen LogP contribution is 2.43. The van der Waals surface area contributed by atoms with Crippen LogP contribution in [0.15, 0.2) is 91.1 Å². The van der Waals surface area contributed by atoms with Gasteiger partial charge in [0.25, 0.3) is 0 Å². The molecule has 0 atom stereocenters. The molecule has 53 heavy (non-hydrogen) atoms. The topological polar surface area (TPSA) is 44.9 Å². The molecule has 5 heteroatoms. The maximum atomic E-state index is 6.79. The van der Waals surface area contributed by atoms with Crippen molar-refractivity contribution in [2.75, 3.05) is 0 Å². The van der Waals surface area contributed by atoms with Gasteiger partial charge >= 0.3 is 0 Å². The zero-order chi connectivity index (χ0) is 37.7. The fraction of sp³-hybridized carbons (Fsp3) is 0.333. The van der Waals surface area contributed by atoms with Gasteiger partial charge in [0.15, 0.2) is 0 Å². The Balaban J connectivity index is 1.35. The normalized spacial score (nSPS) is 12.1. The van der Waals surface area contributed by atoms with E-state index in [2.05, 4.69) is 170 Å². The molecule has 7 aromatic rings. The maximum Gasteiger partial charge on any atom is 0.137 e. The van der Waals surface area contributed by atoms with E-state index in [1.807, 2.05) is 6.20 Å². The molecule has 0 fully saturated rings. The number of benzene rings is 4. The summed E-state index contributed by atoms with van der Waals surface area (Å²) in [6.07, 6.45) is 2.86. The molecule has 0 radical (unpaired) electrons. The Morgan fingerprint density at radius 2 is 1.28 bits per heavy atom. The first-order chi connectivity index (χ1) is 25.4. The van der Waals surface area contributed by atoms with Crippen LogP contribution in [0.25, 0.3) is 44.4 Å². The molecule has 272 valence electrons. The van der Waals surface area contributed by atoms with Crippen molar-refractivity contribution in [1.82, 2.24) is 19.3 Å². The third-order valence-electron chi connectivity index (χ3n) is 10.8. The fourth-order valence-electron chi connectivity index (χ4n) is 7.82. The van der Waals surface area contributed by atoms with Crippen LogP contribution in [0.5, 0.6) is 11.5 Å². The van der Waals surface area contributed by atoms with Crippen molar-refractivity contribution >= 4 is 21.8 Å². The molecular weight excluding hydrogens is 649 g/mol. The molecule has 0 amide bonds. The Morgan fingerprint density at radius 1 is 0.623 bits per heavy atom. The summed E-state index contributed by atoms with van der Waals surface area (Å²) in [5, 5.41) is 7.61. The summed E-state index contributed by atoms with van der Waals surface area (Å²) in [6, 6.07) is 30.7. The van der Waals surface area contributed by atoms with Crippen molar-refractivity contribution in [1.29, 1.82) is 0 Å². The van der Waals surface area contributed by atoms with Crippen LogP contribution in [-0.4, -0.2) is 19.3 Å². The second-order valence-electron chi connectivity index (χ2n) is 15.9. The number of hydrogen-bond acceptors (Lipinski definition) is 3. The summed E-state index contributed by atoms with van der Waals surface area (Å²) in [6.45, 7) is 24.9. The molecule has 0 unspecified atom stereocenters. The van der Waals surface area contributed by atoms with E-state index >= 15 is 0 Å². The Kier molecular flexibility index (Phi) is 9.80. The van der Waals surface area contributed by atoms with Crippen LogP contribution < -0.4 is 4.74 Å². The lowest BCUT2D eigenvalue weighted by atomic mass is 9.81. The molecule has 5 nitrogen and oxygen atoms in total. The van der Waals surface area contributed by atoms with E-state index in [0.29, 0.717) is 23.7 Å². The van der Waals surface area contributed by atoms with Gasteiger partial charge in [-0.15, -0.1) is 0 Å². The fourth-order valence-corrected chi connectivity index (χ4v) is 7.82. The van der Waals surface area contributed by atoms with Gasteiger partial charge in [-0.1, -0.05) is 92.6 Å². The maximum absolute atomic E-state index is 6.79. The number of ether oxygens (including phenoxy) is 1. The molecule has 0 spiro atoms. The van der Waals surface area contributed by atoms with Crippen LogP contribution in [0.3, 0.4) is 0 Å². The summed E-state index contributed by atoms with van der Waals surface area (Å²) in [4.78, 5) is 4.81. The van der Waals surface area contributed by atoms with Crippen molar-refractivity contribution in [3.63, 3.8) is 0 Å². The zero-order valence-electron chi connectivity index (χ0n) is 33.4. The molecule has 0 aliphatic carbocycles. The molecule has 0 saturated carbocycles. The molecule has 0 saturated heterocycles. The van der Waals surface area contributed by atoms with Gasteiger partial charge in [0.1, 0.15) is 17.3 Å². The predicted molar refractivity (Wildman–Crippen MR) is 223 cm³/mol. The van der Waals surface area contributed by atoms with Gasteiger partial charge in [-0.05, 0) is 120 Å². The minimum absolute atomic E-state index is 0.305. The van der Waals surface area contributed by atoms with Crippen LogP contribution >= 0.6 is 0 Å². The largest absolute Gasteiger partial charge is 0.457 e. The lowest BCUT2D eigenvalue weighted by molar-refractivity contribution is 0.481. The van der Waals surface area contributed by atoms with E-state index in [1.165, 1.54) is 49.7 Å². The highest BCUT2D eigenvalue weighted by atomic mass is 16.5. The highest BCUT2D eigenvalue weighted by molar-refractivity contribution is 6.09. The monoisotopic (exact) mass is 702 g/mol. The molecule has 0 aliphatic heterocycles. The summed E-state index contributed by atoms with van der Waals surface area (Å²) in [5.74, 6) is 4.03. The molecule has 7 rings (SSSR count). The van der Waals surface area contributed by atoms with E-state index in [0.717, 1.165) is 51.8 Å². The van der Waals surface area contributed by atoms with Gasteiger partial charge in [-0.2, -0.15) is 5.10 Å². The van der Waals surface area contributed by atoms with Crippen LogP contribution in [-0.2, 0) is 6.42 Å². The molecule has 0 N–H and O–H groups in total. The number of para-hydroxylation sites is 1. The SMILES string of the molecule is CCc1ccnc(-n2c3ccccc3c3ccc(Oc4cc(C(C)C)cc(-n5nc(C)c(-c6c(C(C)C)cc(C(C)C)cc6C(C)C)c5C)c4)cc32)c1. The Morgan fingerprint density at radius 3 is 1.94 bits per heavy atom. The first-order valence-corrected chi connectivity index (χ1v) is 19.4. The third kappa shape index (κ3) is 6.67. The Bertz CT molecular complexity index is 2430. The average Bonchev–Trinajstić information content (AvgIpc) is 3.62. The number of pyridine rings is 1. The lowest BCUT2D eigenvalue weighted by Gasteiger charge is -2.23. The molecule has 4 aromatic carbocycles. The van der Waals surface area contributed by atoms with Crippen LogP contribution in [0.2, 0.25) is 0 Å². The summed E-state index contributed by atoms with van der Waals surface area (Å²) in [5.41, 5.74) is 14.6. The summed E-state index contributed by atoms with van der Waals surface area (Å²) in [7, 11) is 0. The molecular formula is C48H54N4O. The van der Waals surface area contributed by atoms with E-state index in [-0.39, 0.29) is 0 Å². The van der Waals surface area contributed by atoms with E-state index < -0.39 is 0 Å². The Hall–Kier alpha value is -5.16. The Labute approximate surface area is 315 Å². The first kappa shape index (κ1) is 36.2. The number of rotatable bonds is 10. The van der Waals surface area contributed by atoms with Crippen molar-refractivity contribution in [2.24, 2.45) is 0 Å². The van der Waals surface area contributed by atoms with Gasteiger partial charge in [0, 0.05) is 40.4 Å². The quantitative estimate of drug-likeness (QED) is 0.142. The molecule has 3 heterocycles. The second kappa shape index (κ2) is 14.3. The van der Waals surface area contributed by atoms with Crippen molar-refractivity contribution in [2.45, 2.75) is 106 Å². The van der Waals surface area contributed by atoms with Gasteiger partial charge in [0.05, 0.1) is 22.4 Å². The predicted octanol–water partition coefficient (Wildman–Crippen LogP) is 13.5. The van der Waals surface area contributed by atoms with Crippen LogP contribution in [0.1, 0.15) is 125 Å². The van der Waals surface area contributed by atoms with Crippen LogP contribution in [0.4, 0.5) is 0 Å². The van der Waals surface area contributed by atoms with Gasteiger partial charge < -0.3 is 4.74 Å². The number of nitrogens with zero attached hydrogens (tertiary/aromatic N) is 4. The van der Waals surface area contributed by atoms with Crippen LogP contribution in [0, 0.1) is 13.8 Å². The summed E-state index contributed by atoms with van der Waals surface area (Å²) < 4.78 is 11.2. The molecule has 0 bridgehead atoms. The van der Waals surface area contributed by atoms with Gasteiger partial charge in [-0.25, -0.2) is 9.67 Å². The standard InChI is InChI=1S/C48H54N4O/c1-12-34-19-20-49-46(21-34)51-44-16-14-13-15-40(44)41-18-17-38(27-45(41)51)53-39-23-35(28(2)3)22-37(26-39)52-33(11)47(32(10)50-52)48-42(30(6)7)24-36(29(4)5)25-43(48)31(8)9/h13-31H,12H2,1-11H3. The van der Waals surface area contributed by atoms with E-state index in [4.69, 9.17) is 14.8 Å². The zero-order valence-corrected chi connectivity index (χ0v) is 33.4. The number of aryl methyl sites for hydroxylation is 2. The van der Waals surface area contributed by atoms with Gasteiger partial charge in [0.2, 0.25) is 0 Å². The lowest BCUT2D eigenvalue weighted by Crippen LogP contribution is -2.05. The molecule has 0 aliphatic rings. The minimum Gasteiger partial charge on any atom is -0.457 e. The van der Waals surface area contributed by atoms with Gasteiger partial charge in [-0.3, -0.25) is 4.57 Å². The minimum atomic E-state index is 0.305. The van der Waals surface area contributed by atoms with E-state index in [9.17, 15) is 0 Å². The molecule has 3 aromatic heterocycles. The average molecular weight is 703 g/mol. The number of fused-ring (bicyclic) bond motifs is 3. The number of hydrogen-bond donors (Lipinski definition) is 0. The second-order valence-corrected chi connectivity index (χ2v) is 15.9. The number of aromatic nitrogens is 4. The van der Waals surface area contributed by atoms with E-state index in [1.54, 1.807) is 0 Å².